The summed E-state index contributed by atoms with van der Waals surface area (Å²) in [5.74, 6) is -0.672. The fraction of sp³-hybridized carbons (Fsp3) is 0.111. The van der Waals surface area contributed by atoms with Gasteiger partial charge in [0.1, 0.15) is 0 Å². The third-order valence-corrected chi connectivity index (χ3v) is 5.02. The van der Waals surface area contributed by atoms with Crippen molar-refractivity contribution < 1.29 is 14.4 Å². The fourth-order valence-electron chi connectivity index (χ4n) is 2.17. The van der Waals surface area contributed by atoms with Crippen LogP contribution in [0.15, 0.2) is 53.4 Å². The van der Waals surface area contributed by atoms with E-state index in [0.717, 1.165) is 0 Å². The number of amides is 3. The number of aromatic nitrogens is 1. The maximum atomic E-state index is 12.1. The van der Waals surface area contributed by atoms with Crippen LogP contribution in [-0.2, 0) is 4.79 Å². The lowest BCUT2D eigenvalue weighted by Crippen LogP contribution is -2.27. The van der Waals surface area contributed by atoms with Crippen molar-refractivity contribution in [3.8, 4) is 0 Å². The molecule has 9 heteroatoms. The van der Waals surface area contributed by atoms with E-state index in [1.54, 1.807) is 48.0 Å². The van der Waals surface area contributed by atoms with Crippen LogP contribution >= 0.6 is 22.7 Å². The van der Waals surface area contributed by atoms with Crippen molar-refractivity contribution >= 4 is 51.2 Å². The Balaban J connectivity index is 1.44. The second-order valence-electron chi connectivity index (χ2n) is 5.40. The van der Waals surface area contributed by atoms with Gasteiger partial charge < -0.3 is 10.6 Å². The molecule has 3 N–H and O–H groups in total. The van der Waals surface area contributed by atoms with Crippen molar-refractivity contribution in [3.63, 3.8) is 0 Å². The van der Waals surface area contributed by atoms with Gasteiger partial charge in [-0.3, -0.25) is 19.7 Å². The van der Waals surface area contributed by atoms with Gasteiger partial charge in [-0.15, -0.1) is 22.7 Å². The van der Waals surface area contributed by atoms with Crippen molar-refractivity contribution in [2.75, 3.05) is 17.2 Å². The Kier molecular flexibility index (Phi) is 6.29. The predicted octanol–water partition coefficient (Wildman–Crippen LogP) is 3.22. The number of hydrogen-bond acceptors (Lipinski definition) is 6. The molecular weight excluding hydrogens is 384 g/mol. The average Bonchev–Trinajstić information content (AvgIpc) is 3.36. The van der Waals surface area contributed by atoms with Gasteiger partial charge in [0, 0.05) is 35.8 Å². The van der Waals surface area contributed by atoms with Crippen LogP contribution in [0.1, 0.15) is 26.5 Å². The van der Waals surface area contributed by atoms with Crippen LogP contribution < -0.4 is 16.0 Å². The van der Waals surface area contributed by atoms with E-state index in [1.807, 2.05) is 5.38 Å². The van der Waals surface area contributed by atoms with Crippen molar-refractivity contribution in [1.29, 1.82) is 0 Å². The van der Waals surface area contributed by atoms with Crippen molar-refractivity contribution in [3.05, 3.63) is 63.8 Å². The standard InChI is InChI=1S/C18H16N4O3S2/c23-15(7-8-19-17(25)14-2-1-10-26-14)21-13-5-3-12(4-6-13)16(24)22-18-20-9-11-27-18/h1-6,9-11H,7-8H2,(H,19,25)(H,21,23)(H,20,22,24). The molecule has 27 heavy (non-hydrogen) atoms. The number of thiophene rings is 1. The lowest BCUT2D eigenvalue weighted by atomic mass is 10.2. The number of anilines is 2. The second-order valence-corrected chi connectivity index (χ2v) is 7.24. The van der Waals surface area contributed by atoms with Gasteiger partial charge in [0.05, 0.1) is 4.88 Å². The first kappa shape index (κ1) is 18.7. The van der Waals surface area contributed by atoms with Crippen molar-refractivity contribution in [2.24, 2.45) is 0 Å². The van der Waals surface area contributed by atoms with E-state index in [-0.39, 0.29) is 30.7 Å². The van der Waals surface area contributed by atoms with Crippen molar-refractivity contribution in [2.45, 2.75) is 6.42 Å². The molecule has 0 unspecified atom stereocenters. The largest absolute Gasteiger partial charge is 0.351 e. The monoisotopic (exact) mass is 400 g/mol. The Morgan fingerprint density at radius 2 is 1.74 bits per heavy atom. The summed E-state index contributed by atoms with van der Waals surface area (Å²) in [6, 6.07) is 10.1. The number of thiazole rings is 1. The molecule has 0 atom stereocenters. The second kappa shape index (κ2) is 9.06. The number of carbonyl (C=O) groups is 3. The fourth-order valence-corrected chi connectivity index (χ4v) is 3.33. The highest BCUT2D eigenvalue weighted by molar-refractivity contribution is 7.13. The molecule has 0 saturated heterocycles. The number of rotatable bonds is 7. The van der Waals surface area contributed by atoms with E-state index < -0.39 is 0 Å². The Labute approximate surface area is 163 Å². The first-order valence-electron chi connectivity index (χ1n) is 8.04. The Hall–Kier alpha value is -3.04. The molecule has 7 nitrogen and oxygen atoms in total. The summed E-state index contributed by atoms with van der Waals surface area (Å²) in [5, 5.41) is 12.2. The third kappa shape index (κ3) is 5.47. The highest BCUT2D eigenvalue weighted by Gasteiger charge is 2.09. The molecule has 0 aliphatic rings. The summed E-state index contributed by atoms with van der Waals surface area (Å²) in [7, 11) is 0. The molecule has 0 bridgehead atoms. The van der Waals surface area contributed by atoms with Crippen LogP contribution in [0.5, 0.6) is 0 Å². The number of benzene rings is 1. The Bertz CT molecular complexity index is 907. The van der Waals surface area contributed by atoms with Gasteiger partial charge in [-0.25, -0.2) is 4.98 Å². The van der Waals surface area contributed by atoms with E-state index >= 15 is 0 Å². The van der Waals surface area contributed by atoms with E-state index in [9.17, 15) is 14.4 Å². The molecule has 3 rings (SSSR count). The number of nitrogens with zero attached hydrogens (tertiary/aromatic N) is 1. The minimum Gasteiger partial charge on any atom is -0.351 e. The van der Waals surface area contributed by atoms with E-state index in [4.69, 9.17) is 0 Å². The SMILES string of the molecule is O=C(CCNC(=O)c1cccs1)Nc1ccc(C(=O)Nc2nccs2)cc1. The number of hydrogen-bond donors (Lipinski definition) is 3. The van der Waals surface area contributed by atoms with E-state index in [2.05, 4.69) is 20.9 Å². The summed E-state index contributed by atoms with van der Waals surface area (Å²) < 4.78 is 0. The van der Waals surface area contributed by atoms with Crippen LogP contribution in [-0.4, -0.2) is 29.3 Å². The minimum atomic E-state index is -0.265. The zero-order chi connectivity index (χ0) is 19.1. The summed E-state index contributed by atoms with van der Waals surface area (Å²) in [5.41, 5.74) is 1.04. The summed E-state index contributed by atoms with van der Waals surface area (Å²) in [6.07, 6.45) is 1.77. The van der Waals surface area contributed by atoms with E-state index in [0.29, 0.717) is 21.3 Å². The summed E-state index contributed by atoms with van der Waals surface area (Å²) in [6.45, 7) is 0.247. The zero-order valence-corrected chi connectivity index (χ0v) is 15.7. The molecule has 2 aromatic heterocycles. The molecule has 0 aliphatic carbocycles. The van der Waals surface area contributed by atoms with Gasteiger partial charge in [-0.1, -0.05) is 6.07 Å². The van der Waals surface area contributed by atoms with Crippen LogP contribution in [0.2, 0.25) is 0 Å². The molecule has 0 radical (unpaired) electrons. The smallest absolute Gasteiger partial charge is 0.261 e. The predicted molar refractivity (Wildman–Crippen MR) is 106 cm³/mol. The van der Waals surface area contributed by atoms with Gasteiger partial charge in [0.25, 0.3) is 11.8 Å². The molecule has 0 aliphatic heterocycles. The van der Waals surface area contributed by atoms with Crippen molar-refractivity contribution in [1.82, 2.24) is 10.3 Å². The van der Waals surface area contributed by atoms with Crippen LogP contribution in [0.4, 0.5) is 10.8 Å². The Morgan fingerprint density at radius 1 is 0.926 bits per heavy atom. The van der Waals surface area contributed by atoms with Gasteiger partial charge in [0.15, 0.2) is 5.13 Å². The maximum Gasteiger partial charge on any atom is 0.261 e. The molecule has 3 amide bonds. The van der Waals surface area contributed by atoms with Crippen LogP contribution in [0.25, 0.3) is 0 Å². The first-order chi connectivity index (χ1) is 13.1. The van der Waals surface area contributed by atoms with Crippen LogP contribution in [0.3, 0.4) is 0 Å². The quantitative estimate of drug-likeness (QED) is 0.567. The summed E-state index contributed by atoms with van der Waals surface area (Å²) >= 11 is 2.69. The number of nitrogens with one attached hydrogen (secondary N) is 3. The topological polar surface area (TPSA) is 100 Å². The normalized spacial score (nSPS) is 10.2. The highest BCUT2D eigenvalue weighted by Crippen LogP contribution is 2.14. The van der Waals surface area contributed by atoms with E-state index in [1.165, 1.54) is 22.7 Å². The molecular formula is C18H16N4O3S2. The molecule has 2 heterocycles. The van der Waals surface area contributed by atoms with Gasteiger partial charge >= 0.3 is 0 Å². The molecule has 3 aromatic rings. The summed E-state index contributed by atoms with van der Waals surface area (Å²) in [4.78, 5) is 40.4. The molecule has 138 valence electrons. The van der Waals surface area contributed by atoms with Gasteiger partial charge in [0.2, 0.25) is 5.91 Å². The Morgan fingerprint density at radius 3 is 2.41 bits per heavy atom. The lowest BCUT2D eigenvalue weighted by Gasteiger charge is -2.07. The van der Waals surface area contributed by atoms with Gasteiger partial charge in [-0.2, -0.15) is 0 Å². The third-order valence-electron chi connectivity index (χ3n) is 3.47. The zero-order valence-electron chi connectivity index (χ0n) is 14.1. The highest BCUT2D eigenvalue weighted by atomic mass is 32.1. The van der Waals surface area contributed by atoms with Crippen LogP contribution in [0, 0.1) is 0 Å². The number of carbonyl (C=O) groups excluding carboxylic acids is 3. The molecule has 0 spiro atoms. The molecule has 0 saturated carbocycles. The average molecular weight is 400 g/mol. The first-order valence-corrected chi connectivity index (χ1v) is 9.80. The van der Waals surface area contributed by atoms with Gasteiger partial charge in [-0.05, 0) is 35.7 Å². The maximum absolute atomic E-state index is 12.1. The lowest BCUT2D eigenvalue weighted by molar-refractivity contribution is -0.116. The molecule has 0 fully saturated rings. The molecule has 1 aromatic carbocycles. The minimum absolute atomic E-state index is 0.156.